The Morgan fingerprint density at radius 2 is 1.94 bits per heavy atom. The van der Waals surface area contributed by atoms with Gasteiger partial charge in [-0.05, 0) is 35.7 Å². The Morgan fingerprint density at radius 1 is 1.19 bits per heavy atom. The minimum atomic E-state index is -4.55. The molecule has 3 rings (SSSR count). The number of hydrogen-bond acceptors (Lipinski definition) is 10. The van der Waals surface area contributed by atoms with Crippen LogP contribution in [0.25, 0.3) is 11.1 Å². The van der Waals surface area contributed by atoms with E-state index in [1.807, 2.05) is 0 Å². The zero-order valence-corrected chi connectivity index (χ0v) is 18.2. The summed E-state index contributed by atoms with van der Waals surface area (Å²) in [7, 11) is -8.86. The molecular weight excluding hydrogens is 444 g/mol. The number of rotatable bonds is 8. The Kier molecular flexibility index (Phi) is 6.47. The molecule has 1 aliphatic heterocycles. The molecular formula is C17H22N8O4S2. The molecule has 1 atom stereocenters. The Labute approximate surface area is 179 Å². The SMILES string of the molecule is CC[C@H](CN)NS(=O)(=O)c1ccc(-c2ccnc(N)c2)c(C2=NCN=N2)c1S(N)(=O)=O. The van der Waals surface area contributed by atoms with Crippen LogP contribution in [0.3, 0.4) is 0 Å². The number of primary sulfonamides is 1. The maximum atomic E-state index is 13.1. The Bertz CT molecular complexity index is 1270. The molecule has 0 saturated carbocycles. The zero-order valence-electron chi connectivity index (χ0n) is 16.6. The highest BCUT2D eigenvalue weighted by Crippen LogP contribution is 2.35. The molecule has 1 aliphatic rings. The first-order valence-corrected chi connectivity index (χ1v) is 12.2. The van der Waals surface area contributed by atoms with Crippen molar-refractivity contribution in [1.82, 2.24) is 9.71 Å². The van der Waals surface area contributed by atoms with Crippen molar-refractivity contribution < 1.29 is 16.8 Å². The summed E-state index contributed by atoms with van der Waals surface area (Å²) >= 11 is 0. The lowest BCUT2D eigenvalue weighted by atomic mass is 9.99. The number of pyridine rings is 1. The molecule has 0 fully saturated rings. The van der Waals surface area contributed by atoms with Gasteiger partial charge in [0.25, 0.3) is 0 Å². The number of nitrogen functional groups attached to an aromatic ring is 1. The number of hydrogen-bond donors (Lipinski definition) is 4. The Balaban J connectivity index is 2.38. The van der Waals surface area contributed by atoms with Crippen molar-refractivity contribution in [1.29, 1.82) is 0 Å². The van der Waals surface area contributed by atoms with Gasteiger partial charge in [-0.15, -0.1) is 5.11 Å². The quantitative estimate of drug-likeness (QED) is 0.423. The molecule has 0 amide bonds. The largest absolute Gasteiger partial charge is 0.384 e. The van der Waals surface area contributed by atoms with Gasteiger partial charge in [-0.3, -0.25) is 0 Å². The van der Waals surface area contributed by atoms with Gasteiger partial charge in [0.15, 0.2) is 12.5 Å². The van der Waals surface area contributed by atoms with Crippen LogP contribution >= 0.6 is 0 Å². The van der Waals surface area contributed by atoms with Gasteiger partial charge in [-0.2, -0.15) is 5.11 Å². The number of anilines is 1. The average Bonchev–Trinajstić information content (AvgIpc) is 3.25. The summed E-state index contributed by atoms with van der Waals surface area (Å²) in [6, 6.07) is 5.10. The molecule has 0 spiro atoms. The fraction of sp³-hybridized carbons (Fsp3) is 0.294. The van der Waals surface area contributed by atoms with E-state index in [-0.39, 0.29) is 30.4 Å². The fourth-order valence-electron chi connectivity index (χ4n) is 3.07. The maximum absolute atomic E-state index is 13.1. The number of nitrogens with zero attached hydrogens (tertiary/aromatic N) is 4. The monoisotopic (exact) mass is 466 g/mol. The normalized spacial score (nSPS) is 15.1. The van der Waals surface area contributed by atoms with Gasteiger partial charge in [0.2, 0.25) is 20.0 Å². The van der Waals surface area contributed by atoms with E-state index in [1.165, 1.54) is 18.3 Å². The first-order valence-electron chi connectivity index (χ1n) is 9.15. The van der Waals surface area contributed by atoms with Crippen LogP contribution in [-0.4, -0.2) is 46.9 Å². The molecule has 2 aromatic rings. The fourth-order valence-corrected chi connectivity index (χ4v) is 6.01. The number of benzene rings is 1. The van der Waals surface area contributed by atoms with Crippen LogP contribution in [0.4, 0.5) is 5.82 Å². The lowest BCUT2D eigenvalue weighted by Crippen LogP contribution is -2.40. The second kappa shape index (κ2) is 8.76. The number of sulfonamides is 2. The van der Waals surface area contributed by atoms with Crippen molar-refractivity contribution in [2.45, 2.75) is 29.2 Å². The van der Waals surface area contributed by atoms with Crippen LogP contribution in [-0.2, 0) is 20.0 Å². The first-order chi connectivity index (χ1) is 14.6. The van der Waals surface area contributed by atoms with E-state index in [0.717, 1.165) is 6.07 Å². The molecule has 1 aromatic heterocycles. The highest BCUT2D eigenvalue weighted by atomic mass is 32.2. The number of amidine groups is 1. The summed E-state index contributed by atoms with van der Waals surface area (Å²) in [5, 5.41) is 13.1. The third kappa shape index (κ3) is 4.77. The molecule has 14 heteroatoms. The maximum Gasteiger partial charge on any atom is 0.242 e. The molecule has 2 heterocycles. The van der Waals surface area contributed by atoms with Gasteiger partial charge in [-0.1, -0.05) is 13.0 Å². The van der Waals surface area contributed by atoms with Crippen LogP contribution in [0.15, 0.2) is 55.5 Å². The van der Waals surface area contributed by atoms with Gasteiger partial charge in [0, 0.05) is 18.8 Å². The predicted octanol–water partition coefficient (Wildman–Crippen LogP) is 0.164. The molecule has 0 unspecified atom stereocenters. The van der Waals surface area contributed by atoms with E-state index in [2.05, 4.69) is 24.9 Å². The second-order valence-electron chi connectivity index (χ2n) is 6.66. The standard InChI is InChI=1S/C17H22N8O4S2/c1-2-11(8-18)25-31(28,29)13-4-3-12(10-5-6-21-14(19)7-10)15(16(13)30(20,26)27)17-22-9-23-24-17/h3-7,11,25H,2,8-9,18H2,1H3,(H2,19,21)(H2,20,26,27)/t11-/m1/s1. The number of nitrogens with one attached hydrogen (secondary N) is 1. The van der Waals surface area contributed by atoms with E-state index in [0.29, 0.717) is 17.5 Å². The third-order valence-electron chi connectivity index (χ3n) is 4.56. The highest BCUT2D eigenvalue weighted by molar-refractivity contribution is 7.92. The molecule has 166 valence electrons. The molecule has 0 bridgehead atoms. The van der Waals surface area contributed by atoms with Crippen molar-refractivity contribution in [3.63, 3.8) is 0 Å². The molecule has 0 radical (unpaired) electrons. The highest BCUT2D eigenvalue weighted by Gasteiger charge is 2.33. The number of nitrogens with two attached hydrogens (primary N) is 3. The van der Waals surface area contributed by atoms with E-state index in [1.54, 1.807) is 13.0 Å². The van der Waals surface area contributed by atoms with Gasteiger partial charge in [-0.25, -0.2) is 36.7 Å². The van der Waals surface area contributed by atoms with Crippen LogP contribution in [0.2, 0.25) is 0 Å². The predicted molar refractivity (Wildman–Crippen MR) is 115 cm³/mol. The molecule has 1 aromatic carbocycles. The smallest absolute Gasteiger partial charge is 0.242 e. The first kappa shape index (κ1) is 22.9. The van der Waals surface area contributed by atoms with Crippen molar-refractivity contribution in [3.8, 4) is 11.1 Å². The van der Waals surface area contributed by atoms with Crippen LogP contribution in [0.5, 0.6) is 0 Å². The second-order valence-corrected chi connectivity index (χ2v) is 9.84. The zero-order chi connectivity index (χ0) is 22.8. The van der Waals surface area contributed by atoms with E-state index in [4.69, 9.17) is 16.6 Å². The van der Waals surface area contributed by atoms with E-state index in [9.17, 15) is 16.8 Å². The molecule has 0 saturated heterocycles. The number of azo groups is 1. The average molecular weight is 467 g/mol. The molecule has 31 heavy (non-hydrogen) atoms. The van der Waals surface area contributed by atoms with Crippen LogP contribution in [0.1, 0.15) is 18.9 Å². The summed E-state index contributed by atoms with van der Waals surface area (Å²) < 4.78 is 53.9. The molecule has 12 nitrogen and oxygen atoms in total. The molecule has 7 N–H and O–H groups in total. The van der Waals surface area contributed by atoms with Gasteiger partial charge >= 0.3 is 0 Å². The van der Waals surface area contributed by atoms with Crippen molar-refractivity contribution >= 4 is 31.7 Å². The summed E-state index contributed by atoms with van der Waals surface area (Å²) in [5.41, 5.74) is 12.1. The minimum Gasteiger partial charge on any atom is -0.384 e. The number of aromatic nitrogens is 1. The lowest BCUT2D eigenvalue weighted by molar-refractivity contribution is 0.539. The Hall–Kier alpha value is -2.78. The van der Waals surface area contributed by atoms with Crippen molar-refractivity contribution in [3.05, 3.63) is 36.0 Å². The minimum absolute atomic E-state index is 0.0301. The van der Waals surface area contributed by atoms with Crippen molar-refractivity contribution in [2.75, 3.05) is 18.9 Å². The third-order valence-corrected chi connectivity index (χ3v) is 7.24. The van der Waals surface area contributed by atoms with Gasteiger partial charge < -0.3 is 11.5 Å². The van der Waals surface area contributed by atoms with E-state index < -0.39 is 35.9 Å². The lowest BCUT2D eigenvalue weighted by Gasteiger charge is -2.19. The van der Waals surface area contributed by atoms with Crippen molar-refractivity contribution in [2.24, 2.45) is 26.1 Å². The van der Waals surface area contributed by atoms with Crippen LogP contribution < -0.4 is 21.3 Å². The Morgan fingerprint density at radius 3 is 2.48 bits per heavy atom. The van der Waals surface area contributed by atoms with E-state index >= 15 is 0 Å². The summed E-state index contributed by atoms with van der Waals surface area (Å²) in [6.07, 6.45) is 1.84. The topological polar surface area (TPSA) is 208 Å². The van der Waals surface area contributed by atoms with Gasteiger partial charge in [0.1, 0.15) is 15.6 Å². The summed E-state index contributed by atoms with van der Waals surface area (Å²) in [5.74, 6) is 0.125. The number of aliphatic imine (C=N–C) groups is 1. The van der Waals surface area contributed by atoms with Gasteiger partial charge in [0.05, 0.1) is 5.56 Å². The summed E-state index contributed by atoms with van der Waals surface area (Å²) in [6.45, 7) is 1.75. The summed E-state index contributed by atoms with van der Waals surface area (Å²) in [4.78, 5) is 6.83. The van der Waals surface area contributed by atoms with Crippen LogP contribution in [0, 0.1) is 0 Å². The molecule has 0 aliphatic carbocycles.